The molecule has 88 valence electrons. The SMILES string of the molecule is O=C1C=C(c2ccc(Cl)c(Cl)c2)c2ccccc21. The first-order chi connectivity index (χ1) is 8.66. The number of hydrogen-bond acceptors (Lipinski definition) is 1. The molecule has 0 saturated carbocycles. The molecule has 2 aromatic rings. The van der Waals surface area contributed by atoms with Crippen LogP contribution in [0.15, 0.2) is 48.5 Å². The van der Waals surface area contributed by atoms with Crippen LogP contribution in [-0.4, -0.2) is 5.78 Å². The fraction of sp³-hybridized carbons (Fsp3) is 0. The second kappa shape index (κ2) is 4.27. The number of allylic oxidation sites excluding steroid dienone is 1. The number of hydrogen-bond donors (Lipinski definition) is 0. The molecular weight excluding hydrogens is 267 g/mol. The van der Waals surface area contributed by atoms with Crippen LogP contribution >= 0.6 is 23.2 Å². The van der Waals surface area contributed by atoms with E-state index in [0.29, 0.717) is 10.0 Å². The van der Waals surface area contributed by atoms with Crippen LogP contribution in [0, 0.1) is 0 Å². The van der Waals surface area contributed by atoms with Crippen LogP contribution in [-0.2, 0) is 0 Å². The lowest BCUT2D eigenvalue weighted by Crippen LogP contribution is -1.90. The maximum Gasteiger partial charge on any atom is 0.187 e. The summed E-state index contributed by atoms with van der Waals surface area (Å²) in [5.74, 6) is 0.0340. The molecule has 1 nitrogen and oxygen atoms in total. The number of rotatable bonds is 1. The molecule has 0 radical (unpaired) electrons. The van der Waals surface area contributed by atoms with Gasteiger partial charge in [-0.1, -0.05) is 53.5 Å². The fourth-order valence-corrected chi connectivity index (χ4v) is 2.42. The Hall–Kier alpha value is -1.57. The van der Waals surface area contributed by atoms with E-state index in [2.05, 4.69) is 0 Å². The highest BCUT2D eigenvalue weighted by Crippen LogP contribution is 2.35. The average Bonchev–Trinajstić information content (AvgIpc) is 2.71. The van der Waals surface area contributed by atoms with Gasteiger partial charge in [0, 0.05) is 5.56 Å². The maximum absolute atomic E-state index is 11.9. The molecule has 18 heavy (non-hydrogen) atoms. The Morgan fingerprint density at radius 2 is 1.56 bits per heavy atom. The second-order valence-corrected chi connectivity index (χ2v) is 4.91. The molecule has 0 spiro atoms. The third-order valence-electron chi connectivity index (χ3n) is 2.99. The second-order valence-electron chi connectivity index (χ2n) is 4.10. The molecule has 0 aromatic heterocycles. The first-order valence-electron chi connectivity index (χ1n) is 5.47. The van der Waals surface area contributed by atoms with Crippen molar-refractivity contribution in [3.63, 3.8) is 0 Å². The highest BCUT2D eigenvalue weighted by molar-refractivity contribution is 6.42. The molecular formula is C15H8Cl2O. The fourth-order valence-electron chi connectivity index (χ4n) is 2.12. The van der Waals surface area contributed by atoms with Crippen LogP contribution in [0.2, 0.25) is 10.0 Å². The lowest BCUT2D eigenvalue weighted by atomic mass is 9.99. The van der Waals surface area contributed by atoms with Crippen molar-refractivity contribution in [2.75, 3.05) is 0 Å². The van der Waals surface area contributed by atoms with Gasteiger partial charge in [0.2, 0.25) is 0 Å². The first-order valence-corrected chi connectivity index (χ1v) is 6.23. The van der Waals surface area contributed by atoms with E-state index in [1.807, 2.05) is 30.3 Å². The summed E-state index contributed by atoms with van der Waals surface area (Å²) in [7, 11) is 0. The molecule has 0 N–H and O–H groups in total. The Morgan fingerprint density at radius 3 is 2.28 bits per heavy atom. The summed E-state index contributed by atoms with van der Waals surface area (Å²) in [6.07, 6.45) is 1.64. The van der Waals surface area contributed by atoms with E-state index in [4.69, 9.17) is 23.2 Å². The number of carbonyl (C=O) groups is 1. The number of benzene rings is 2. The van der Waals surface area contributed by atoms with Gasteiger partial charge in [0.15, 0.2) is 5.78 Å². The normalized spacial score (nSPS) is 13.4. The van der Waals surface area contributed by atoms with Gasteiger partial charge in [-0.3, -0.25) is 4.79 Å². The molecule has 0 fully saturated rings. The molecule has 2 aromatic carbocycles. The Kier molecular flexibility index (Phi) is 2.73. The van der Waals surface area contributed by atoms with Crippen molar-refractivity contribution in [2.24, 2.45) is 0 Å². The third kappa shape index (κ3) is 1.76. The van der Waals surface area contributed by atoms with Crippen LogP contribution < -0.4 is 0 Å². The van der Waals surface area contributed by atoms with Crippen molar-refractivity contribution in [1.82, 2.24) is 0 Å². The van der Waals surface area contributed by atoms with E-state index >= 15 is 0 Å². The summed E-state index contributed by atoms with van der Waals surface area (Å²) in [5.41, 5.74) is 3.48. The van der Waals surface area contributed by atoms with Crippen LogP contribution in [0.25, 0.3) is 5.57 Å². The predicted octanol–water partition coefficient (Wildman–Crippen LogP) is 4.62. The predicted molar refractivity (Wildman–Crippen MR) is 74.3 cm³/mol. The van der Waals surface area contributed by atoms with Gasteiger partial charge >= 0.3 is 0 Å². The van der Waals surface area contributed by atoms with Crippen molar-refractivity contribution in [1.29, 1.82) is 0 Å². The largest absolute Gasteiger partial charge is 0.289 e. The molecule has 0 aliphatic heterocycles. The molecule has 0 heterocycles. The number of fused-ring (bicyclic) bond motifs is 1. The van der Waals surface area contributed by atoms with Crippen molar-refractivity contribution >= 4 is 34.6 Å². The molecule has 0 bridgehead atoms. The minimum absolute atomic E-state index is 0.0340. The molecule has 1 aliphatic carbocycles. The van der Waals surface area contributed by atoms with Crippen LogP contribution in [0.1, 0.15) is 21.5 Å². The van der Waals surface area contributed by atoms with Crippen molar-refractivity contribution in [3.05, 3.63) is 75.3 Å². The summed E-state index contributed by atoms with van der Waals surface area (Å²) in [5, 5.41) is 1.01. The van der Waals surface area contributed by atoms with Crippen molar-refractivity contribution in [3.8, 4) is 0 Å². The zero-order valence-electron chi connectivity index (χ0n) is 9.28. The monoisotopic (exact) mass is 274 g/mol. The van der Waals surface area contributed by atoms with E-state index in [1.54, 1.807) is 18.2 Å². The Balaban J connectivity index is 2.17. The topological polar surface area (TPSA) is 17.1 Å². The van der Waals surface area contributed by atoms with Crippen molar-refractivity contribution < 1.29 is 4.79 Å². The summed E-state index contributed by atoms with van der Waals surface area (Å²) >= 11 is 11.9. The number of ketones is 1. The summed E-state index contributed by atoms with van der Waals surface area (Å²) < 4.78 is 0. The quantitative estimate of drug-likeness (QED) is 0.742. The molecule has 3 rings (SSSR count). The average molecular weight is 275 g/mol. The van der Waals surface area contributed by atoms with Gasteiger partial charge in [-0.25, -0.2) is 0 Å². The highest BCUT2D eigenvalue weighted by Gasteiger charge is 2.21. The van der Waals surface area contributed by atoms with Gasteiger partial charge in [0.1, 0.15) is 0 Å². The summed E-state index contributed by atoms with van der Waals surface area (Å²) in [6, 6.07) is 12.9. The Bertz CT molecular complexity index is 687. The van der Waals surface area contributed by atoms with E-state index in [0.717, 1.165) is 22.3 Å². The minimum Gasteiger partial charge on any atom is -0.289 e. The summed E-state index contributed by atoms with van der Waals surface area (Å²) in [6.45, 7) is 0. The standard InChI is InChI=1S/C15H8Cl2O/c16-13-6-5-9(7-14(13)17)12-8-15(18)11-4-2-1-3-10(11)12/h1-8H. The smallest absolute Gasteiger partial charge is 0.187 e. The molecule has 0 unspecified atom stereocenters. The number of carbonyl (C=O) groups excluding carboxylic acids is 1. The zero-order valence-corrected chi connectivity index (χ0v) is 10.8. The molecule has 0 saturated heterocycles. The number of halogens is 2. The Morgan fingerprint density at radius 1 is 0.833 bits per heavy atom. The highest BCUT2D eigenvalue weighted by atomic mass is 35.5. The van der Waals surface area contributed by atoms with E-state index < -0.39 is 0 Å². The van der Waals surface area contributed by atoms with E-state index in [9.17, 15) is 4.79 Å². The lowest BCUT2D eigenvalue weighted by molar-refractivity contribution is 0.105. The van der Waals surface area contributed by atoms with Gasteiger partial charge in [-0.15, -0.1) is 0 Å². The minimum atomic E-state index is 0.0340. The van der Waals surface area contributed by atoms with Crippen molar-refractivity contribution in [2.45, 2.75) is 0 Å². The van der Waals surface area contributed by atoms with Crippen LogP contribution in [0.4, 0.5) is 0 Å². The van der Waals surface area contributed by atoms with Gasteiger partial charge in [0.25, 0.3) is 0 Å². The van der Waals surface area contributed by atoms with Gasteiger partial charge in [-0.2, -0.15) is 0 Å². The van der Waals surface area contributed by atoms with Gasteiger partial charge in [0.05, 0.1) is 10.0 Å². The van der Waals surface area contributed by atoms with E-state index in [1.165, 1.54) is 0 Å². The van der Waals surface area contributed by atoms with Gasteiger partial charge < -0.3 is 0 Å². The maximum atomic E-state index is 11.9. The molecule has 0 amide bonds. The lowest BCUT2D eigenvalue weighted by Gasteiger charge is -2.06. The van der Waals surface area contributed by atoms with Crippen LogP contribution in [0.3, 0.4) is 0 Å². The first kappa shape index (κ1) is 11.5. The molecule has 0 atom stereocenters. The summed E-state index contributed by atoms with van der Waals surface area (Å²) in [4.78, 5) is 11.9. The third-order valence-corrected chi connectivity index (χ3v) is 3.73. The van der Waals surface area contributed by atoms with Gasteiger partial charge in [-0.05, 0) is 34.9 Å². The van der Waals surface area contributed by atoms with Crippen LogP contribution in [0.5, 0.6) is 0 Å². The molecule has 1 aliphatic rings. The van der Waals surface area contributed by atoms with E-state index in [-0.39, 0.29) is 5.78 Å². The zero-order chi connectivity index (χ0) is 12.7. The Labute approximate surface area is 115 Å². The molecule has 3 heteroatoms.